The van der Waals surface area contributed by atoms with Gasteiger partial charge in [0, 0.05) is 36.2 Å². The molecule has 9 heteroatoms. The molecular formula is C21H24Cl2N2O3S2. The van der Waals surface area contributed by atoms with Crippen LogP contribution in [0.5, 0.6) is 0 Å². The Balaban J connectivity index is 1.56. The molecule has 1 amide bonds. The number of halogens is 2. The fourth-order valence-corrected chi connectivity index (χ4v) is 5.89. The van der Waals surface area contributed by atoms with Crippen molar-refractivity contribution >= 4 is 50.9 Å². The summed E-state index contributed by atoms with van der Waals surface area (Å²) in [5, 5.41) is 3.76. The maximum absolute atomic E-state index is 12.9. The first-order valence-corrected chi connectivity index (χ1v) is 13.1. The van der Waals surface area contributed by atoms with Gasteiger partial charge in [0.15, 0.2) is 0 Å². The largest absolute Gasteiger partial charge is 0.351 e. The van der Waals surface area contributed by atoms with Crippen molar-refractivity contribution in [2.75, 3.05) is 25.4 Å². The fourth-order valence-electron chi connectivity index (χ4n) is 3.20. The second-order valence-corrected chi connectivity index (χ2v) is 10.9. The lowest BCUT2D eigenvalue weighted by Gasteiger charge is -2.26. The van der Waals surface area contributed by atoms with E-state index in [4.69, 9.17) is 23.2 Å². The highest BCUT2D eigenvalue weighted by molar-refractivity contribution is 7.98. The second-order valence-electron chi connectivity index (χ2n) is 7.04. The van der Waals surface area contributed by atoms with Crippen molar-refractivity contribution in [2.45, 2.75) is 29.9 Å². The minimum Gasteiger partial charge on any atom is -0.351 e. The minimum absolute atomic E-state index is 0.107. The summed E-state index contributed by atoms with van der Waals surface area (Å²) in [5.41, 5.74) is 1.34. The number of benzene rings is 2. The van der Waals surface area contributed by atoms with Gasteiger partial charge in [0.1, 0.15) is 0 Å². The van der Waals surface area contributed by atoms with E-state index in [0.717, 1.165) is 36.3 Å². The second kappa shape index (κ2) is 10.9. The summed E-state index contributed by atoms with van der Waals surface area (Å²) in [6.07, 6.45) is 2.75. The highest BCUT2D eigenvalue weighted by Crippen LogP contribution is 2.25. The van der Waals surface area contributed by atoms with Crippen LogP contribution in [0, 0.1) is 0 Å². The Hall–Kier alpha value is -1.25. The zero-order chi connectivity index (χ0) is 21.6. The summed E-state index contributed by atoms with van der Waals surface area (Å²) in [6.45, 7) is 1.48. The number of amides is 1. The average Bonchev–Trinajstić information content (AvgIpc) is 2.75. The van der Waals surface area contributed by atoms with Gasteiger partial charge in [-0.25, -0.2) is 8.42 Å². The Bertz CT molecular complexity index is 976. The number of rotatable bonds is 8. The molecule has 3 rings (SSSR count). The Morgan fingerprint density at radius 1 is 1.03 bits per heavy atom. The van der Waals surface area contributed by atoms with Crippen LogP contribution in [0.25, 0.3) is 0 Å². The van der Waals surface area contributed by atoms with Crippen molar-refractivity contribution in [1.29, 1.82) is 0 Å². The van der Waals surface area contributed by atoms with E-state index in [1.807, 2.05) is 24.3 Å². The van der Waals surface area contributed by atoms with Crippen LogP contribution in [0.4, 0.5) is 0 Å². The first-order chi connectivity index (χ1) is 14.4. The molecule has 0 unspecified atom stereocenters. The molecular weight excluding hydrogens is 463 g/mol. The van der Waals surface area contributed by atoms with Gasteiger partial charge in [0.05, 0.1) is 15.5 Å². The van der Waals surface area contributed by atoms with E-state index in [1.165, 1.54) is 22.5 Å². The molecule has 1 N–H and O–H groups in total. The number of nitrogens with one attached hydrogen (secondary N) is 1. The SMILES string of the molecule is O=C(NCCSCc1ccc(Cl)cc1)c1cc(S(=O)(=O)N2CCCCC2)ccc1Cl. The number of carbonyl (C=O) groups is 1. The molecule has 2 aromatic rings. The van der Waals surface area contributed by atoms with Crippen molar-refractivity contribution in [3.63, 3.8) is 0 Å². The number of piperidine rings is 1. The molecule has 1 saturated heterocycles. The molecule has 0 radical (unpaired) electrons. The third kappa shape index (κ3) is 6.14. The van der Waals surface area contributed by atoms with Crippen LogP contribution in [-0.4, -0.2) is 44.0 Å². The monoisotopic (exact) mass is 486 g/mol. The predicted octanol–water partition coefficient (Wildman–Crippen LogP) is 4.83. The first kappa shape index (κ1) is 23.4. The number of nitrogens with zero attached hydrogens (tertiary/aromatic N) is 1. The molecule has 1 aliphatic rings. The zero-order valence-electron chi connectivity index (χ0n) is 16.4. The highest BCUT2D eigenvalue weighted by atomic mass is 35.5. The summed E-state index contributed by atoms with van der Waals surface area (Å²) < 4.78 is 27.2. The van der Waals surface area contributed by atoms with Crippen LogP contribution in [0.2, 0.25) is 10.0 Å². The van der Waals surface area contributed by atoms with Gasteiger partial charge in [-0.3, -0.25) is 4.79 Å². The maximum Gasteiger partial charge on any atom is 0.252 e. The van der Waals surface area contributed by atoms with Gasteiger partial charge in [-0.15, -0.1) is 0 Å². The molecule has 30 heavy (non-hydrogen) atoms. The average molecular weight is 487 g/mol. The molecule has 1 fully saturated rings. The molecule has 0 spiro atoms. The molecule has 0 aromatic heterocycles. The number of carbonyl (C=O) groups excluding carboxylic acids is 1. The molecule has 0 aliphatic carbocycles. The standard InChI is InChI=1S/C21H24Cl2N2O3S2/c22-17-6-4-16(5-7-17)15-29-13-10-24-21(26)19-14-18(8-9-20(19)23)30(27,28)25-11-2-1-3-12-25/h4-9,14H,1-3,10-13,15H2,(H,24,26). The number of sulfonamides is 1. The lowest BCUT2D eigenvalue weighted by Crippen LogP contribution is -2.35. The Labute approximate surface area is 192 Å². The van der Waals surface area contributed by atoms with Crippen LogP contribution in [-0.2, 0) is 15.8 Å². The molecule has 162 valence electrons. The first-order valence-electron chi connectivity index (χ1n) is 9.78. The van der Waals surface area contributed by atoms with E-state index in [1.54, 1.807) is 11.8 Å². The van der Waals surface area contributed by atoms with Gasteiger partial charge in [0.25, 0.3) is 5.91 Å². The summed E-state index contributed by atoms with van der Waals surface area (Å²) in [5.74, 6) is 1.16. The maximum atomic E-state index is 12.9. The third-order valence-corrected chi connectivity index (χ3v) is 8.36. The summed E-state index contributed by atoms with van der Waals surface area (Å²) in [6, 6.07) is 12.0. The zero-order valence-corrected chi connectivity index (χ0v) is 19.6. The van der Waals surface area contributed by atoms with Gasteiger partial charge in [0.2, 0.25) is 10.0 Å². The molecule has 1 heterocycles. The lowest BCUT2D eigenvalue weighted by molar-refractivity contribution is 0.0956. The summed E-state index contributed by atoms with van der Waals surface area (Å²) in [7, 11) is -3.62. The lowest BCUT2D eigenvalue weighted by atomic mass is 10.2. The Morgan fingerprint density at radius 2 is 1.73 bits per heavy atom. The quantitative estimate of drug-likeness (QED) is 0.542. The van der Waals surface area contributed by atoms with Crippen LogP contribution in [0.1, 0.15) is 35.2 Å². The Kier molecular flexibility index (Phi) is 8.48. The van der Waals surface area contributed by atoms with E-state index in [9.17, 15) is 13.2 Å². The molecule has 0 saturated carbocycles. The summed E-state index contributed by atoms with van der Waals surface area (Å²) in [4.78, 5) is 12.7. The van der Waals surface area contributed by atoms with Crippen molar-refractivity contribution in [2.24, 2.45) is 0 Å². The van der Waals surface area contributed by atoms with Gasteiger partial charge in [-0.2, -0.15) is 16.1 Å². The number of hydrogen-bond acceptors (Lipinski definition) is 4. The van der Waals surface area contributed by atoms with E-state index in [2.05, 4.69) is 5.32 Å². The topological polar surface area (TPSA) is 66.5 Å². The summed E-state index contributed by atoms with van der Waals surface area (Å²) >= 11 is 13.7. The van der Waals surface area contributed by atoms with Crippen LogP contribution >= 0.6 is 35.0 Å². The predicted molar refractivity (Wildman–Crippen MR) is 124 cm³/mol. The van der Waals surface area contributed by atoms with E-state index < -0.39 is 10.0 Å². The number of hydrogen-bond donors (Lipinski definition) is 1. The van der Waals surface area contributed by atoms with E-state index in [-0.39, 0.29) is 21.4 Å². The molecule has 5 nitrogen and oxygen atoms in total. The minimum atomic E-state index is -3.62. The van der Waals surface area contributed by atoms with Crippen LogP contribution in [0.15, 0.2) is 47.4 Å². The molecule has 0 bridgehead atoms. The normalized spacial score (nSPS) is 15.1. The fraction of sp³-hybridized carbons (Fsp3) is 0.381. The van der Waals surface area contributed by atoms with Gasteiger partial charge in [-0.1, -0.05) is 41.8 Å². The molecule has 0 atom stereocenters. The van der Waals surface area contributed by atoms with Crippen molar-refractivity contribution < 1.29 is 13.2 Å². The van der Waals surface area contributed by atoms with Crippen molar-refractivity contribution in [3.8, 4) is 0 Å². The number of thioether (sulfide) groups is 1. The van der Waals surface area contributed by atoms with E-state index in [0.29, 0.717) is 24.7 Å². The van der Waals surface area contributed by atoms with E-state index >= 15 is 0 Å². The third-order valence-electron chi connectivity index (χ3n) is 4.85. The van der Waals surface area contributed by atoms with Gasteiger partial charge < -0.3 is 5.32 Å². The highest BCUT2D eigenvalue weighted by Gasteiger charge is 2.27. The van der Waals surface area contributed by atoms with Crippen molar-refractivity contribution in [3.05, 3.63) is 63.6 Å². The smallest absolute Gasteiger partial charge is 0.252 e. The molecule has 1 aliphatic heterocycles. The molecule has 2 aromatic carbocycles. The van der Waals surface area contributed by atoms with Gasteiger partial charge >= 0.3 is 0 Å². The van der Waals surface area contributed by atoms with Gasteiger partial charge in [-0.05, 0) is 48.7 Å². The van der Waals surface area contributed by atoms with Crippen LogP contribution in [0.3, 0.4) is 0 Å². The Morgan fingerprint density at radius 3 is 2.43 bits per heavy atom. The van der Waals surface area contributed by atoms with Crippen LogP contribution < -0.4 is 5.32 Å². The van der Waals surface area contributed by atoms with Crippen molar-refractivity contribution in [1.82, 2.24) is 9.62 Å².